The molecular weight excluding hydrogens is 321 g/mol. The van der Waals surface area contributed by atoms with E-state index in [-0.39, 0.29) is 0 Å². The Labute approximate surface area is 133 Å². The zero-order chi connectivity index (χ0) is 14.8. The molecule has 0 fully saturated rings. The number of rotatable bonds is 3. The first-order valence-corrected chi connectivity index (χ1v) is 8.62. The van der Waals surface area contributed by atoms with Crippen LogP contribution in [-0.2, 0) is 6.54 Å². The predicted octanol–water partition coefficient (Wildman–Crippen LogP) is 2.49. The van der Waals surface area contributed by atoms with Crippen LogP contribution in [0.25, 0.3) is 0 Å². The normalized spacial score (nSPS) is 9.57. The van der Waals surface area contributed by atoms with Gasteiger partial charge in [0.2, 0.25) is 0 Å². The van der Waals surface area contributed by atoms with Crippen molar-refractivity contribution in [2.75, 3.05) is 0 Å². The van der Waals surface area contributed by atoms with Crippen molar-refractivity contribution in [2.45, 2.75) is 6.54 Å². The summed E-state index contributed by atoms with van der Waals surface area (Å²) in [7, 11) is 0. The molecule has 3 aromatic carbocycles. The maximum atomic E-state index is 5.35. The summed E-state index contributed by atoms with van der Waals surface area (Å²) in [5, 5.41) is 0. The molecule has 3 aromatic rings. The van der Waals surface area contributed by atoms with E-state index in [2.05, 4.69) is 60.7 Å². The summed E-state index contributed by atoms with van der Waals surface area (Å²) < 4.78 is 2.86. The topological polar surface area (TPSA) is 26.0 Å². The van der Waals surface area contributed by atoms with Gasteiger partial charge in [0, 0.05) is 6.54 Å². The van der Waals surface area contributed by atoms with Crippen molar-refractivity contribution < 1.29 is 0 Å². The average molecular weight is 340 g/mol. The van der Waals surface area contributed by atoms with Crippen molar-refractivity contribution >= 4 is 23.9 Å². The van der Waals surface area contributed by atoms with E-state index in [0.717, 1.165) is 0 Å². The molecule has 0 atom stereocenters. The van der Waals surface area contributed by atoms with Crippen LogP contribution in [0.1, 0.15) is 5.56 Å². The first-order chi connectivity index (χ1) is 10.4. The van der Waals surface area contributed by atoms with Crippen LogP contribution in [-0.4, -0.2) is 15.0 Å². The second-order valence-electron chi connectivity index (χ2n) is 4.42. The summed E-state index contributed by atoms with van der Waals surface area (Å²) in [5.41, 5.74) is 6.54. The minimum atomic E-state index is 0.461. The molecule has 0 heterocycles. The monoisotopic (exact) mass is 341 g/mol. The van der Waals surface area contributed by atoms with E-state index in [9.17, 15) is 0 Å². The Balaban J connectivity index is 0.000000173. The van der Waals surface area contributed by atoms with Crippen LogP contribution < -0.4 is 14.7 Å². The fourth-order valence-electron chi connectivity index (χ4n) is 1.73. The van der Waals surface area contributed by atoms with Crippen LogP contribution in [0, 0.1) is 0 Å². The van der Waals surface area contributed by atoms with Gasteiger partial charge in [-0.05, 0) is 5.56 Å². The van der Waals surface area contributed by atoms with Crippen molar-refractivity contribution in [3.8, 4) is 0 Å². The predicted molar refractivity (Wildman–Crippen MR) is 92.2 cm³/mol. The Morgan fingerprint density at radius 3 is 1.29 bits per heavy atom. The van der Waals surface area contributed by atoms with Gasteiger partial charge in [-0.15, -0.1) is 0 Å². The van der Waals surface area contributed by atoms with Crippen LogP contribution in [0.4, 0.5) is 0 Å². The van der Waals surface area contributed by atoms with Crippen LogP contribution in [0.3, 0.4) is 0 Å². The van der Waals surface area contributed by atoms with E-state index in [1.54, 1.807) is 0 Å². The fraction of sp³-hybridized carbons (Fsp3) is 0.0526. The molecule has 2 N–H and O–H groups in total. The van der Waals surface area contributed by atoms with Gasteiger partial charge in [-0.2, -0.15) is 0 Å². The Kier molecular flexibility index (Phi) is 6.76. The number of benzene rings is 3. The van der Waals surface area contributed by atoms with Crippen molar-refractivity contribution in [1.82, 2.24) is 0 Å². The molecule has 106 valence electrons. The fourth-order valence-corrected chi connectivity index (χ4v) is 3.53. The van der Waals surface area contributed by atoms with Gasteiger partial charge >= 0.3 is 84.5 Å². The molecule has 3 rings (SSSR count). The molecule has 0 aromatic heterocycles. The zero-order valence-electron chi connectivity index (χ0n) is 11.9. The molecule has 0 aliphatic rings. The molecule has 2 heteroatoms. The van der Waals surface area contributed by atoms with Gasteiger partial charge in [-0.3, -0.25) is 0 Å². The van der Waals surface area contributed by atoms with E-state index in [0.29, 0.717) is 21.5 Å². The number of nitrogens with two attached hydrogens (primary N) is 1. The molecule has 0 saturated carbocycles. The standard InChI is InChI=1S/C12H10Se.C7H9N/c1-3-7-11(8-4-1)13-12-9-5-2-6-10-12;8-6-7-4-2-1-3-5-7/h1-10H;1-5H,6,8H2. The van der Waals surface area contributed by atoms with Crippen molar-refractivity contribution in [3.63, 3.8) is 0 Å². The molecule has 0 bridgehead atoms. The van der Waals surface area contributed by atoms with Crippen molar-refractivity contribution in [2.24, 2.45) is 5.73 Å². The number of hydrogen-bond acceptors (Lipinski definition) is 1. The van der Waals surface area contributed by atoms with Gasteiger partial charge in [-0.25, -0.2) is 0 Å². The van der Waals surface area contributed by atoms with Crippen LogP contribution >= 0.6 is 0 Å². The van der Waals surface area contributed by atoms with Gasteiger partial charge in [0.25, 0.3) is 0 Å². The van der Waals surface area contributed by atoms with E-state index in [4.69, 9.17) is 5.73 Å². The van der Waals surface area contributed by atoms with Gasteiger partial charge < -0.3 is 5.73 Å². The van der Waals surface area contributed by atoms with E-state index in [1.807, 2.05) is 30.3 Å². The third kappa shape index (κ3) is 5.97. The third-order valence-corrected chi connectivity index (χ3v) is 4.93. The Morgan fingerprint density at radius 2 is 0.952 bits per heavy atom. The summed E-state index contributed by atoms with van der Waals surface area (Å²) in [5.74, 6) is 0. The van der Waals surface area contributed by atoms with Crippen LogP contribution in [0.2, 0.25) is 0 Å². The van der Waals surface area contributed by atoms with E-state index < -0.39 is 0 Å². The molecule has 0 spiro atoms. The molecule has 0 unspecified atom stereocenters. The molecule has 1 nitrogen and oxygen atoms in total. The molecule has 0 amide bonds. The summed E-state index contributed by atoms with van der Waals surface area (Å²) in [6.07, 6.45) is 0. The van der Waals surface area contributed by atoms with Crippen LogP contribution in [0.5, 0.6) is 0 Å². The Morgan fingerprint density at radius 1 is 0.571 bits per heavy atom. The minimum absolute atomic E-state index is 0.461. The van der Waals surface area contributed by atoms with Gasteiger partial charge in [0.1, 0.15) is 0 Å². The van der Waals surface area contributed by atoms with E-state index in [1.165, 1.54) is 14.5 Å². The first-order valence-electron chi connectivity index (χ1n) is 6.90. The molecule has 0 radical (unpaired) electrons. The van der Waals surface area contributed by atoms with Crippen LogP contribution in [0.15, 0.2) is 91.0 Å². The van der Waals surface area contributed by atoms with Gasteiger partial charge in [-0.1, -0.05) is 30.3 Å². The summed E-state index contributed by atoms with van der Waals surface area (Å²) in [6, 6.07) is 31.2. The molecule has 0 aliphatic carbocycles. The molecule has 0 saturated heterocycles. The summed E-state index contributed by atoms with van der Waals surface area (Å²) >= 11 is 0.461. The second kappa shape index (κ2) is 9.14. The van der Waals surface area contributed by atoms with Crippen molar-refractivity contribution in [3.05, 3.63) is 96.6 Å². The Hall–Kier alpha value is -1.86. The molecule has 0 aliphatic heterocycles. The quantitative estimate of drug-likeness (QED) is 0.729. The van der Waals surface area contributed by atoms with Crippen molar-refractivity contribution in [1.29, 1.82) is 0 Å². The third-order valence-electron chi connectivity index (χ3n) is 2.80. The second-order valence-corrected chi connectivity index (χ2v) is 6.82. The number of hydrogen-bond donors (Lipinski definition) is 1. The SMILES string of the molecule is NCc1ccccc1.c1ccc([Se]c2ccccc2)cc1. The summed E-state index contributed by atoms with van der Waals surface area (Å²) in [4.78, 5) is 0. The molecule has 21 heavy (non-hydrogen) atoms. The maximum absolute atomic E-state index is 5.35. The first kappa shape index (κ1) is 15.5. The zero-order valence-corrected chi connectivity index (χ0v) is 13.6. The average Bonchev–Trinajstić information content (AvgIpc) is 2.58. The van der Waals surface area contributed by atoms with E-state index >= 15 is 0 Å². The molecular formula is C19H19NSe. The van der Waals surface area contributed by atoms with Gasteiger partial charge in [0.15, 0.2) is 0 Å². The summed E-state index contributed by atoms with van der Waals surface area (Å²) in [6.45, 7) is 0.640. The Bertz CT molecular complexity index is 571. The van der Waals surface area contributed by atoms with Gasteiger partial charge in [0.05, 0.1) is 0 Å².